The van der Waals surface area contributed by atoms with Crippen molar-refractivity contribution in [2.24, 2.45) is 0 Å². The third-order valence-corrected chi connectivity index (χ3v) is 6.12. The largest absolute Gasteiger partial charge is 0.494 e. The topological polar surface area (TPSA) is 72.9 Å². The van der Waals surface area contributed by atoms with Gasteiger partial charge in [0.2, 0.25) is 0 Å². The van der Waals surface area contributed by atoms with E-state index in [2.05, 4.69) is 4.74 Å². The summed E-state index contributed by atoms with van der Waals surface area (Å²) in [7, 11) is -2.61. The maximum Gasteiger partial charge on any atom is 0.326 e. The van der Waals surface area contributed by atoms with E-state index in [1.54, 1.807) is 35.7 Å². The number of nitrogens with zero attached hydrogens (tertiary/aromatic N) is 1. The van der Waals surface area contributed by atoms with Crippen molar-refractivity contribution in [1.82, 2.24) is 0 Å². The van der Waals surface area contributed by atoms with Crippen molar-refractivity contribution in [2.75, 3.05) is 24.6 Å². The molecule has 0 atom stereocenters. The van der Waals surface area contributed by atoms with Gasteiger partial charge in [0.15, 0.2) is 0 Å². The lowest BCUT2D eigenvalue weighted by Gasteiger charge is -2.22. The Labute approximate surface area is 139 Å². The van der Waals surface area contributed by atoms with Gasteiger partial charge in [-0.3, -0.25) is 9.10 Å². The molecule has 0 saturated heterocycles. The molecule has 0 bridgehead atoms. The molecule has 0 radical (unpaired) electrons. The van der Waals surface area contributed by atoms with Crippen LogP contribution in [0.2, 0.25) is 0 Å². The zero-order valence-corrected chi connectivity index (χ0v) is 14.4. The first-order chi connectivity index (χ1) is 11.0. The normalized spacial score (nSPS) is 11.0. The summed E-state index contributed by atoms with van der Waals surface area (Å²) >= 11 is 1.09. The summed E-state index contributed by atoms with van der Waals surface area (Å²) < 4.78 is 36.7. The number of carbonyl (C=O) groups is 1. The second-order valence-electron chi connectivity index (χ2n) is 4.45. The van der Waals surface area contributed by atoms with Crippen molar-refractivity contribution in [2.45, 2.75) is 11.1 Å². The van der Waals surface area contributed by atoms with Gasteiger partial charge in [0, 0.05) is 0 Å². The predicted molar refractivity (Wildman–Crippen MR) is 88.5 cm³/mol. The van der Waals surface area contributed by atoms with Crippen LogP contribution in [-0.2, 0) is 19.6 Å². The summed E-state index contributed by atoms with van der Waals surface area (Å²) in [5.74, 6) is -0.0122. The third-order valence-electron chi connectivity index (χ3n) is 2.98. The van der Waals surface area contributed by atoms with Crippen LogP contribution in [0.25, 0.3) is 0 Å². The van der Waals surface area contributed by atoms with Crippen LogP contribution in [0.15, 0.2) is 46.0 Å². The zero-order chi connectivity index (χ0) is 16.9. The van der Waals surface area contributed by atoms with E-state index < -0.39 is 22.5 Å². The molecule has 1 aromatic carbocycles. The fourth-order valence-corrected chi connectivity index (χ4v) is 4.40. The van der Waals surface area contributed by atoms with Crippen molar-refractivity contribution in [3.05, 3.63) is 41.8 Å². The van der Waals surface area contributed by atoms with Gasteiger partial charge in [-0.1, -0.05) is 6.07 Å². The second kappa shape index (κ2) is 7.47. The summed E-state index contributed by atoms with van der Waals surface area (Å²) in [5.41, 5.74) is 0.368. The van der Waals surface area contributed by atoms with Crippen LogP contribution in [0, 0.1) is 0 Å². The Kier molecular flexibility index (Phi) is 5.62. The van der Waals surface area contributed by atoms with Gasteiger partial charge in [0.05, 0.1) is 19.4 Å². The summed E-state index contributed by atoms with van der Waals surface area (Å²) in [6, 6.07) is 9.66. The number of ether oxygens (including phenoxy) is 2. The van der Waals surface area contributed by atoms with Crippen molar-refractivity contribution in [3.8, 4) is 5.75 Å². The van der Waals surface area contributed by atoms with Crippen LogP contribution in [0.4, 0.5) is 5.69 Å². The summed E-state index contributed by atoms with van der Waals surface area (Å²) in [4.78, 5) is 11.6. The first kappa shape index (κ1) is 17.3. The van der Waals surface area contributed by atoms with Gasteiger partial charge in [-0.05, 0) is 42.6 Å². The third kappa shape index (κ3) is 4.02. The number of hydrogen-bond donors (Lipinski definition) is 0. The molecule has 124 valence electrons. The van der Waals surface area contributed by atoms with E-state index in [1.165, 1.54) is 13.2 Å². The van der Waals surface area contributed by atoms with E-state index in [4.69, 9.17) is 4.74 Å². The molecule has 0 unspecified atom stereocenters. The highest BCUT2D eigenvalue weighted by molar-refractivity contribution is 7.94. The predicted octanol–water partition coefficient (Wildman–Crippen LogP) is 2.52. The molecular weight excluding hydrogens is 338 g/mol. The number of anilines is 1. The van der Waals surface area contributed by atoms with E-state index in [9.17, 15) is 13.2 Å². The van der Waals surface area contributed by atoms with Crippen molar-refractivity contribution in [1.29, 1.82) is 0 Å². The van der Waals surface area contributed by atoms with E-state index in [0.717, 1.165) is 15.6 Å². The minimum Gasteiger partial charge on any atom is -0.494 e. The van der Waals surface area contributed by atoms with Gasteiger partial charge in [0.25, 0.3) is 10.0 Å². The molecule has 0 aliphatic rings. The molecule has 6 nitrogen and oxygen atoms in total. The molecule has 2 aromatic rings. The summed E-state index contributed by atoms with van der Waals surface area (Å²) in [6.07, 6.45) is 0. The molecule has 2 rings (SSSR count). The molecule has 1 heterocycles. The maximum atomic E-state index is 12.8. The molecular formula is C15H17NO5S2. The number of methoxy groups -OCH3 is 1. The van der Waals surface area contributed by atoms with Crippen LogP contribution in [0.1, 0.15) is 6.92 Å². The quantitative estimate of drug-likeness (QED) is 0.714. The SMILES string of the molecule is CCOc1ccc(N(CC(=O)OC)S(=O)(=O)c2cccs2)cc1. The molecule has 0 spiro atoms. The molecule has 8 heteroatoms. The Morgan fingerprint density at radius 1 is 1.22 bits per heavy atom. The highest BCUT2D eigenvalue weighted by Crippen LogP contribution is 2.28. The number of esters is 1. The lowest BCUT2D eigenvalue weighted by molar-refractivity contribution is -0.138. The monoisotopic (exact) mass is 355 g/mol. The van der Waals surface area contributed by atoms with E-state index in [0.29, 0.717) is 18.0 Å². The summed E-state index contributed by atoms with van der Waals surface area (Å²) in [6.45, 7) is 1.97. The average Bonchev–Trinajstić information content (AvgIpc) is 3.08. The van der Waals surface area contributed by atoms with Crippen LogP contribution in [0.5, 0.6) is 5.75 Å². The lowest BCUT2D eigenvalue weighted by Crippen LogP contribution is -2.35. The Hall–Kier alpha value is -2.06. The Morgan fingerprint density at radius 2 is 1.91 bits per heavy atom. The minimum atomic E-state index is -3.83. The average molecular weight is 355 g/mol. The van der Waals surface area contributed by atoms with Gasteiger partial charge in [-0.2, -0.15) is 0 Å². The number of benzene rings is 1. The van der Waals surface area contributed by atoms with Crippen LogP contribution >= 0.6 is 11.3 Å². The van der Waals surface area contributed by atoms with Crippen molar-refractivity contribution >= 4 is 33.0 Å². The smallest absolute Gasteiger partial charge is 0.326 e. The fraction of sp³-hybridized carbons (Fsp3) is 0.267. The van der Waals surface area contributed by atoms with Gasteiger partial charge in [-0.15, -0.1) is 11.3 Å². The molecule has 0 aliphatic heterocycles. The van der Waals surface area contributed by atoms with Gasteiger partial charge < -0.3 is 9.47 Å². The molecule has 0 aliphatic carbocycles. The molecule has 0 N–H and O–H groups in total. The molecule has 0 fully saturated rings. The van der Waals surface area contributed by atoms with E-state index in [1.807, 2.05) is 6.92 Å². The van der Waals surface area contributed by atoms with Crippen LogP contribution < -0.4 is 9.04 Å². The number of carbonyl (C=O) groups excluding carboxylic acids is 1. The first-order valence-electron chi connectivity index (χ1n) is 6.85. The number of thiophene rings is 1. The molecule has 0 amide bonds. The highest BCUT2D eigenvalue weighted by atomic mass is 32.2. The van der Waals surface area contributed by atoms with E-state index >= 15 is 0 Å². The number of rotatable bonds is 7. The second-order valence-corrected chi connectivity index (χ2v) is 7.48. The van der Waals surface area contributed by atoms with Gasteiger partial charge in [0.1, 0.15) is 16.5 Å². The Morgan fingerprint density at radius 3 is 2.43 bits per heavy atom. The molecule has 1 aromatic heterocycles. The van der Waals surface area contributed by atoms with Gasteiger partial charge in [-0.25, -0.2) is 8.42 Å². The Balaban J connectivity index is 2.40. The zero-order valence-electron chi connectivity index (χ0n) is 12.8. The highest BCUT2D eigenvalue weighted by Gasteiger charge is 2.28. The van der Waals surface area contributed by atoms with Crippen LogP contribution in [-0.4, -0.2) is 34.6 Å². The summed E-state index contributed by atoms with van der Waals surface area (Å²) in [5, 5.41) is 1.67. The standard InChI is InChI=1S/C15H17NO5S2/c1-3-21-13-8-6-12(7-9-13)16(11-14(17)20-2)23(18,19)15-5-4-10-22-15/h4-10H,3,11H2,1-2H3. The van der Waals surface area contributed by atoms with E-state index in [-0.39, 0.29) is 4.21 Å². The van der Waals surface area contributed by atoms with Crippen molar-refractivity contribution < 1.29 is 22.7 Å². The van der Waals surface area contributed by atoms with Crippen LogP contribution in [0.3, 0.4) is 0 Å². The van der Waals surface area contributed by atoms with Crippen molar-refractivity contribution in [3.63, 3.8) is 0 Å². The molecule has 0 saturated carbocycles. The minimum absolute atomic E-state index is 0.162. The fourth-order valence-electron chi connectivity index (χ4n) is 1.89. The molecule has 23 heavy (non-hydrogen) atoms. The Bertz CT molecular complexity index is 739. The first-order valence-corrected chi connectivity index (χ1v) is 9.17. The lowest BCUT2D eigenvalue weighted by atomic mass is 10.3. The number of sulfonamides is 1. The van der Waals surface area contributed by atoms with Gasteiger partial charge >= 0.3 is 5.97 Å². The maximum absolute atomic E-state index is 12.8. The number of hydrogen-bond acceptors (Lipinski definition) is 6.